The number of carboxylic acid groups (broad SMARTS) is 1. The topological polar surface area (TPSA) is 82.2 Å². The average Bonchev–Trinajstić information content (AvgIpc) is 3.42. The molecule has 2 heterocycles. The second-order valence-electron chi connectivity index (χ2n) is 8.94. The maximum atomic E-state index is 12.1. The van der Waals surface area contributed by atoms with E-state index in [4.69, 9.17) is 9.72 Å². The summed E-state index contributed by atoms with van der Waals surface area (Å²) in [6.07, 6.45) is 5.40. The molecule has 2 atom stereocenters. The fraction of sp³-hybridized carbons (Fsp3) is 0.346. The summed E-state index contributed by atoms with van der Waals surface area (Å²) in [5.74, 6) is 0.347. The van der Waals surface area contributed by atoms with Crippen LogP contribution < -0.4 is 4.74 Å². The molecule has 1 aliphatic carbocycles. The zero-order chi connectivity index (χ0) is 23.7. The first kappa shape index (κ1) is 22.7. The second kappa shape index (κ2) is 9.62. The minimum atomic E-state index is -0.730. The van der Waals surface area contributed by atoms with Crippen LogP contribution in [0.2, 0.25) is 0 Å². The Kier molecular flexibility index (Phi) is 6.41. The zero-order valence-electron chi connectivity index (χ0n) is 19.0. The van der Waals surface area contributed by atoms with Crippen LogP contribution in [0.3, 0.4) is 0 Å². The average molecular weight is 523 g/mol. The SMILES string of the molecule is Cn1ccc(COc2ccc3nc(C4CCCC[C@@H]4C(=O)O)n(Cc4ccc(Br)cc4)c3c2)n1. The van der Waals surface area contributed by atoms with E-state index >= 15 is 0 Å². The molecule has 0 spiro atoms. The maximum absolute atomic E-state index is 12.1. The number of ether oxygens (including phenoxy) is 1. The lowest BCUT2D eigenvalue weighted by Crippen LogP contribution is -2.27. The van der Waals surface area contributed by atoms with Gasteiger partial charge < -0.3 is 14.4 Å². The molecule has 34 heavy (non-hydrogen) atoms. The van der Waals surface area contributed by atoms with Crippen molar-refractivity contribution in [3.63, 3.8) is 0 Å². The first-order chi connectivity index (χ1) is 16.5. The third kappa shape index (κ3) is 4.73. The van der Waals surface area contributed by atoms with E-state index in [1.165, 1.54) is 0 Å². The van der Waals surface area contributed by atoms with Crippen molar-refractivity contribution < 1.29 is 14.6 Å². The van der Waals surface area contributed by atoms with Gasteiger partial charge in [0.2, 0.25) is 0 Å². The molecule has 8 heteroatoms. The van der Waals surface area contributed by atoms with Gasteiger partial charge in [-0.3, -0.25) is 9.48 Å². The van der Waals surface area contributed by atoms with Gasteiger partial charge in [0.15, 0.2) is 0 Å². The molecule has 2 aromatic heterocycles. The molecule has 5 rings (SSSR count). The fourth-order valence-electron chi connectivity index (χ4n) is 4.87. The summed E-state index contributed by atoms with van der Waals surface area (Å²) in [6, 6.07) is 16.0. The Morgan fingerprint density at radius 2 is 1.94 bits per heavy atom. The van der Waals surface area contributed by atoms with Crippen molar-refractivity contribution in [2.75, 3.05) is 0 Å². The van der Waals surface area contributed by atoms with Crippen molar-refractivity contribution in [2.24, 2.45) is 13.0 Å². The van der Waals surface area contributed by atoms with Crippen LogP contribution in [0.1, 0.15) is 48.7 Å². The minimum absolute atomic E-state index is 0.105. The highest BCUT2D eigenvalue weighted by atomic mass is 79.9. The van der Waals surface area contributed by atoms with Crippen LogP contribution in [0, 0.1) is 5.92 Å². The van der Waals surface area contributed by atoms with Gasteiger partial charge >= 0.3 is 5.97 Å². The van der Waals surface area contributed by atoms with Gasteiger partial charge in [-0.05, 0) is 48.7 Å². The molecule has 1 N–H and O–H groups in total. The van der Waals surface area contributed by atoms with E-state index in [2.05, 4.69) is 37.7 Å². The number of nitrogens with zero attached hydrogens (tertiary/aromatic N) is 4. The lowest BCUT2D eigenvalue weighted by atomic mass is 9.78. The summed E-state index contributed by atoms with van der Waals surface area (Å²) in [7, 11) is 1.88. The predicted molar refractivity (Wildman–Crippen MR) is 133 cm³/mol. The van der Waals surface area contributed by atoms with Crippen molar-refractivity contribution in [3.05, 3.63) is 76.3 Å². The minimum Gasteiger partial charge on any atom is -0.487 e. The number of fused-ring (bicyclic) bond motifs is 1. The van der Waals surface area contributed by atoms with Crippen LogP contribution in [-0.2, 0) is 25.0 Å². The molecule has 4 aromatic rings. The molecule has 2 aromatic carbocycles. The predicted octanol–water partition coefficient (Wildman–Crippen LogP) is 5.52. The quantitative estimate of drug-likeness (QED) is 0.345. The van der Waals surface area contributed by atoms with Gasteiger partial charge in [-0.2, -0.15) is 5.10 Å². The van der Waals surface area contributed by atoms with E-state index in [1.807, 2.05) is 49.6 Å². The monoisotopic (exact) mass is 522 g/mol. The van der Waals surface area contributed by atoms with Gasteiger partial charge in [-0.25, -0.2) is 4.98 Å². The molecule has 1 unspecified atom stereocenters. The Morgan fingerprint density at radius 3 is 2.68 bits per heavy atom. The molecule has 7 nitrogen and oxygen atoms in total. The van der Waals surface area contributed by atoms with Gasteiger partial charge in [0.1, 0.15) is 18.2 Å². The fourth-order valence-corrected chi connectivity index (χ4v) is 5.13. The molecule has 0 radical (unpaired) electrons. The molecule has 0 amide bonds. The molecule has 1 aliphatic rings. The summed E-state index contributed by atoms with van der Waals surface area (Å²) in [5, 5.41) is 14.3. The molecular formula is C26H27BrN4O3. The van der Waals surface area contributed by atoms with E-state index in [-0.39, 0.29) is 5.92 Å². The number of carboxylic acids is 1. The van der Waals surface area contributed by atoms with Crippen LogP contribution in [0.5, 0.6) is 5.75 Å². The molecule has 0 bridgehead atoms. The second-order valence-corrected chi connectivity index (χ2v) is 9.85. The van der Waals surface area contributed by atoms with Crippen molar-refractivity contribution in [3.8, 4) is 5.75 Å². The van der Waals surface area contributed by atoms with Crippen molar-refractivity contribution in [1.82, 2.24) is 19.3 Å². The van der Waals surface area contributed by atoms with E-state index in [0.29, 0.717) is 19.6 Å². The van der Waals surface area contributed by atoms with Gasteiger partial charge in [0.05, 0.1) is 22.6 Å². The van der Waals surface area contributed by atoms with E-state index in [0.717, 1.165) is 57.6 Å². The number of rotatable bonds is 7. The third-order valence-electron chi connectivity index (χ3n) is 6.57. The van der Waals surface area contributed by atoms with E-state index in [9.17, 15) is 9.90 Å². The standard InChI is InChI=1S/C26H27BrN4O3/c1-30-13-12-19(29-30)16-34-20-10-11-23-24(14-20)31(15-17-6-8-18(27)9-7-17)25(28-23)21-4-2-3-5-22(21)26(32)33/h6-14,21-22H,2-5,15-16H2,1H3,(H,32,33)/t21?,22-/m0/s1. The molecule has 176 valence electrons. The van der Waals surface area contributed by atoms with Crippen molar-refractivity contribution >= 4 is 32.9 Å². The van der Waals surface area contributed by atoms with Crippen LogP contribution >= 0.6 is 15.9 Å². The summed E-state index contributed by atoms with van der Waals surface area (Å²) in [5.41, 5.74) is 3.79. The Hall–Kier alpha value is -3.13. The highest BCUT2D eigenvalue weighted by molar-refractivity contribution is 9.10. The largest absolute Gasteiger partial charge is 0.487 e. The molecular weight excluding hydrogens is 496 g/mol. The number of aryl methyl sites for hydroxylation is 1. The number of imidazole rings is 1. The first-order valence-electron chi connectivity index (χ1n) is 11.6. The lowest BCUT2D eigenvalue weighted by Gasteiger charge is -2.28. The van der Waals surface area contributed by atoms with Gasteiger partial charge in [-0.1, -0.05) is 40.9 Å². The number of carbonyl (C=O) groups is 1. The number of aliphatic carboxylic acids is 1. The Morgan fingerprint density at radius 1 is 1.15 bits per heavy atom. The molecule has 1 saturated carbocycles. The smallest absolute Gasteiger partial charge is 0.307 e. The summed E-state index contributed by atoms with van der Waals surface area (Å²) < 4.78 is 11.0. The number of hydrogen-bond donors (Lipinski definition) is 1. The number of halogens is 1. The Balaban J connectivity index is 1.54. The van der Waals surface area contributed by atoms with Crippen LogP contribution in [0.15, 0.2) is 59.2 Å². The van der Waals surface area contributed by atoms with E-state index < -0.39 is 11.9 Å². The number of benzene rings is 2. The van der Waals surface area contributed by atoms with Crippen molar-refractivity contribution in [2.45, 2.75) is 44.8 Å². The van der Waals surface area contributed by atoms with Crippen LogP contribution in [0.25, 0.3) is 11.0 Å². The first-order valence-corrected chi connectivity index (χ1v) is 12.4. The van der Waals surface area contributed by atoms with Crippen molar-refractivity contribution in [1.29, 1.82) is 0 Å². The number of aromatic nitrogens is 4. The third-order valence-corrected chi connectivity index (χ3v) is 7.10. The van der Waals surface area contributed by atoms with Gasteiger partial charge in [0, 0.05) is 36.2 Å². The highest BCUT2D eigenvalue weighted by Crippen LogP contribution is 2.39. The van der Waals surface area contributed by atoms with Crippen LogP contribution in [-0.4, -0.2) is 30.4 Å². The molecule has 1 fully saturated rings. The van der Waals surface area contributed by atoms with Gasteiger partial charge in [-0.15, -0.1) is 0 Å². The molecule has 0 aliphatic heterocycles. The van der Waals surface area contributed by atoms with Gasteiger partial charge in [0.25, 0.3) is 0 Å². The lowest BCUT2D eigenvalue weighted by molar-refractivity contribution is -0.143. The summed E-state index contributed by atoms with van der Waals surface area (Å²) in [4.78, 5) is 17.0. The summed E-state index contributed by atoms with van der Waals surface area (Å²) in [6.45, 7) is 0.995. The Bertz CT molecular complexity index is 1310. The number of hydrogen-bond acceptors (Lipinski definition) is 4. The normalized spacial score (nSPS) is 18.3. The van der Waals surface area contributed by atoms with Crippen LogP contribution in [0.4, 0.5) is 0 Å². The zero-order valence-corrected chi connectivity index (χ0v) is 20.6. The summed E-state index contributed by atoms with van der Waals surface area (Å²) >= 11 is 3.50. The Labute approximate surface area is 206 Å². The maximum Gasteiger partial charge on any atom is 0.307 e. The van der Waals surface area contributed by atoms with E-state index in [1.54, 1.807) is 4.68 Å². The highest BCUT2D eigenvalue weighted by Gasteiger charge is 2.35. The molecule has 0 saturated heterocycles.